The van der Waals surface area contributed by atoms with Crippen molar-refractivity contribution in [2.24, 2.45) is 11.5 Å². The van der Waals surface area contributed by atoms with Gasteiger partial charge in [0.05, 0.1) is 0 Å². The Balaban J connectivity index is 2.02. The number of nitrogens with two attached hydrogens (primary N) is 2. The Kier molecular flexibility index (Phi) is 8.08. The molecule has 0 amide bonds. The number of rotatable bonds is 10. The zero-order valence-corrected chi connectivity index (χ0v) is 17.0. The molecule has 0 aliphatic heterocycles. The highest BCUT2D eigenvalue weighted by Crippen LogP contribution is 2.01. The maximum atomic E-state index is 6.15. The Labute approximate surface area is 174 Å². The molecule has 0 saturated heterocycles. The molecule has 3 aromatic rings. The van der Waals surface area contributed by atoms with Crippen LogP contribution in [0.3, 0.4) is 0 Å². The molecule has 3 rings (SSSR count). The van der Waals surface area contributed by atoms with Gasteiger partial charge in [-0.2, -0.15) is 0 Å². The van der Waals surface area contributed by atoms with Crippen molar-refractivity contribution in [2.75, 3.05) is 26.3 Å². The van der Waals surface area contributed by atoms with Crippen molar-refractivity contribution < 1.29 is 9.31 Å². The summed E-state index contributed by atoms with van der Waals surface area (Å²) < 4.78 is 12.3. The van der Waals surface area contributed by atoms with E-state index in [2.05, 4.69) is 49.4 Å². The van der Waals surface area contributed by atoms with E-state index in [9.17, 15) is 0 Å². The lowest BCUT2D eigenvalue weighted by Crippen LogP contribution is -2.51. The summed E-state index contributed by atoms with van der Waals surface area (Å²) in [6.45, 7) is 3.70. The predicted molar refractivity (Wildman–Crippen MR) is 124 cm³/mol. The molecule has 3 aromatic carbocycles. The quantitative estimate of drug-likeness (QED) is 0.487. The molecule has 6 heteroatoms. The van der Waals surface area contributed by atoms with E-state index in [1.807, 2.05) is 36.4 Å². The van der Waals surface area contributed by atoms with Crippen molar-refractivity contribution in [3.05, 3.63) is 84.4 Å². The average molecular weight is 386 g/mol. The van der Waals surface area contributed by atoms with Crippen LogP contribution in [0.4, 0.5) is 0 Å². The van der Waals surface area contributed by atoms with Crippen molar-refractivity contribution in [3.63, 3.8) is 0 Å². The molecular weight excluding hydrogens is 358 g/mol. The molecule has 0 aromatic heterocycles. The normalized spacial score (nSPS) is 10.7. The van der Waals surface area contributed by atoms with E-state index in [4.69, 9.17) is 20.8 Å². The maximum Gasteiger partial charge on any atom is 0.361 e. The molecular formula is C23H28B2N2O2. The second kappa shape index (κ2) is 11.0. The number of hydrogen-bond donors (Lipinski definition) is 2. The van der Waals surface area contributed by atoms with Gasteiger partial charge in [-0.05, 0) is 28.8 Å². The Morgan fingerprint density at radius 3 is 1.41 bits per heavy atom. The first-order chi connectivity index (χ1) is 14.2. The largest absolute Gasteiger partial charge is 0.426 e. The molecule has 4 nitrogen and oxygen atoms in total. The minimum absolute atomic E-state index is 0.177. The summed E-state index contributed by atoms with van der Waals surface area (Å²) in [6, 6.07) is 27.0. The van der Waals surface area contributed by atoms with Gasteiger partial charge in [0.25, 0.3) is 0 Å². The molecule has 148 valence electrons. The van der Waals surface area contributed by atoms with Crippen LogP contribution in [0, 0.1) is 6.92 Å². The number of hydrogen-bond acceptors (Lipinski definition) is 4. The fourth-order valence-electron chi connectivity index (χ4n) is 3.54. The first-order valence-electron chi connectivity index (χ1n) is 10.1. The highest BCUT2D eigenvalue weighted by molar-refractivity contribution is 6.83. The zero-order chi connectivity index (χ0) is 20.5. The van der Waals surface area contributed by atoms with Crippen molar-refractivity contribution in [1.29, 1.82) is 0 Å². The topological polar surface area (TPSA) is 70.5 Å². The summed E-state index contributed by atoms with van der Waals surface area (Å²) in [6.07, 6.45) is 0. The van der Waals surface area contributed by atoms with Crippen LogP contribution in [0.1, 0.15) is 5.56 Å². The van der Waals surface area contributed by atoms with Gasteiger partial charge in [0.2, 0.25) is 0 Å². The number of aryl methyl sites for hydroxylation is 1. The first-order valence-corrected chi connectivity index (χ1v) is 10.1. The molecule has 4 N–H and O–H groups in total. The second-order valence-electron chi connectivity index (χ2n) is 7.08. The smallest absolute Gasteiger partial charge is 0.361 e. The minimum atomic E-state index is -0.177. The van der Waals surface area contributed by atoms with Crippen LogP contribution >= 0.6 is 0 Å². The van der Waals surface area contributed by atoms with E-state index in [0.29, 0.717) is 26.3 Å². The Morgan fingerprint density at radius 2 is 1.03 bits per heavy atom. The molecule has 0 saturated carbocycles. The van der Waals surface area contributed by atoms with Gasteiger partial charge in [0.1, 0.15) is 0 Å². The lowest BCUT2D eigenvalue weighted by Gasteiger charge is -2.20. The lowest BCUT2D eigenvalue weighted by atomic mass is 9.50. The third-order valence-electron chi connectivity index (χ3n) is 4.74. The number of benzene rings is 3. The molecule has 0 atom stereocenters. The molecule has 0 aliphatic carbocycles. The third kappa shape index (κ3) is 5.81. The highest BCUT2D eigenvalue weighted by atomic mass is 16.4. The summed E-state index contributed by atoms with van der Waals surface area (Å²) >= 11 is 0. The van der Waals surface area contributed by atoms with Crippen LogP contribution in [0.5, 0.6) is 0 Å². The molecule has 0 bridgehead atoms. The predicted octanol–water partition coefficient (Wildman–Crippen LogP) is 0.157. The van der Waals surface area contributed by atoms with Crippen molar-refractivity contribution >= 4 is 35.7 Å². The Bertz CT molecular complexity index is 809. The fraction of sp³-hybridized carbons (Fsp3) is 0.217. The lowest BCUT2D eigenvalue weighted by molar-refractivity contribution is 0.344. The maximum absolute atomic E-state index is 6.15. The van der Waals surface area contributed by atoms with Crippen molar-refractivity contribution in [3.8, 4) is 0 Å². The summed E-state index contributed by atoms with van der Waals surface area (Å²) in [5.41, 5.74) is 17.0. The minimum Gasteiger partial charge on any atom is -0.426 e. The van der Waals surface area contributed by atoms with Gasteiger partial charge in [-0.3, -0.25) is 0 Å². The SMILES string of the molecule is Cc1cc(B(OCCN)c2ccccc2)cc(B(OCCN)c2ccccc2)c1. The molecule has 0 spiro atoms. The van der Waals surface area contributed by atoms with Gasteiger partial charge < -0.3 is 20.8 Å². The van der Waals surface area contributed by atoms with Crippen molar-refractivity contribution in [2.45, 2.75) is 6.92 Å². The van der Waals surface area contributed by atoms with E-state index >= 15 is 0 Å². The highest BCUT2D eigenvalue weighted by Gasteiger charge is 2.26. The van der Waals surface area contributed by atoms with Crippen LogP contribution in [0.2, 0.25) is 0 Å². The van der Waals surface area contributed by atoms with Crippen LogP contribution in [-0.4, -0.2) is 40.1 Å². The first kappa shape index (κ1) is 21.3. The van der Waals surface area contributed by atoms with Gasteiger partial charge in [0, 0.05) is 26.3 Å². The molecule has 0 aliphatic rings. The zero-order valence-electron chi connectivity index (χ0n) is 17.0. The van der Waals surface area contributed by atoms with Gasteiger partial charge in [-0.15, -0.1) is 0 Å². The van der Waals surface area contributed by atoms with Gasteiger partial charge in [-0.1, -0.05) is 84.4 Å². The van der Waals surface area contributed by atoms with E-state index in [0.717, 1.165) is 27.4 Å². The van der Waals surface area contributed by atoms with Crippen LogP contribution in [0.25, 0.3) is 0 Å². The molecule has 29 heavy (non-hydrogen) atoms. The summed E-state index contributed by atoms with van der Waals surface area (Å²) in [7, 11) is 0. The van der Waals surface area contributed by atoms with Gasteiger partial charge >= 0.3 is 13.8 Å². The summed E-state index contributed by atoms with van der Waals surface area (Å²) in [5, 5.41) is 0. The fourth-order valence-corrected chi connectivity index (χ4v) is 3.54. The van der Waals surface area contributed by atoms with E-state index in [1.54, 1.807) is 0 Å². The summed E-state index contributed by atoms with van der Waals surface area (Å²) in [5.74, 6) is 0. The molecule has 0 unspecified atom stereocenters. The monoisotopic (exact) mass is 386 g/mol. The Hall–Kier alpha value is -2.37. The standard InChI is InChI=1S/C23H28B2N2O2/c1-19-16-22(24(28-14-12-26)20-8-4-2-5-9-20)18-23(17-19)25(29-15-13-27)21-10-6-3-7-11-21/h2-11,16-18H,12-15,26-27H2,1H3. The van der Waals surface area contributed by atoms with E-state index < -0.39 is 0 Å². The average Bonchev–Trinajstić information content (AvgIpc) is 2.75. The second-order valence-corrected chi connectivity index (χ2v) is 7.08. The molecule has 0 heterocycles. The van der Waals surface area contributed by atoms with Crippen molar-refractivity contribution in [1.82, 2.24) is 0 Å². The van der Waals surface area contributed by atoms with E-state index in [-0.39, 0.29) is 13.8 Å². The van der Waals surface area contributed by atoms with Crippen LogP contribution < -0.4 is 33.3 Å². The molecule has 0 fully saturated rings. The Morgan fingerprint density at radius 1 is 0.621 bits per heavy atom. The van der Waals surface area contributed by atoms with Crippen LogP contribution in [-0.2, 0) is 9.31 Å². The van der Waals surface area contributed by atoms with Crippen LogP contribution in [0.15, 0.2) is 78.9 Å². The van der Waals surface area contributed by atoms with Gasteiger partial charge in [-0.25, -0.2) is 0 Å². The third-order valence-corrected chi connectivity index (χ3v) is 4.74. The summed E-state index contributed by atoms with van der Waals surface area (Å²) in [4.78, 5) is 0. The van der Waals surface area contributed by atoms with Gasteiger partial charge in [0.15, 0.2) is 0 Å². The molecule has 0 radical (unpaired) electrons. The van der Waals surface area contributed by atoms with E-state index in [1.165, 1.54) is 0 Å².